The molecule has 2 heteroatoms. The van der Waals surface area contributed by atoms with E-state index in [0.29, 0.717) is 5.78 Å². The van der Waals surface area contributed by atoms with Crippen molar-refractivity contribution in [1.82, 2.24) is 0 Å². The smallest absolute Gasteiger partial charge is 0.129 e. The van der Waals surface area contributed by atoms with Crippen LogP contribution < -0.4 is 0 Å². The molecule has 0 aliphatic carbocycles. The van der Waals surface area contributed by atoms with E-state index >= 15 is 0 Å². The van der Waals surface area contributed by atoms with Gasteiger partial charge in [-0.2, -0.15) is 0 Å². The number of rotatable bonds is 5. The second-order valence-corrected chi connectivity index (χ2v) is 2.51. The van der Waals surface area contributed by atoms with E-state index in [1.807, 2.05) is 0 Å². The average Bonchev–Trinajstić information content (AvgIpc) is 1.80. The Balaban J connectivity index is 0. The fraction of sp³-hybridized carbons (Fsp3) is 0.875. The molecule has 0 fully saturated rings. The van der Waals surface area contributed by atoms with Crippen molar-refractivity contribution >= 4 is 5.78 Å². The Labute approximate surface area is 74.3 Å². The third-order valence-electron chi connectivity index (χ3n) is 1.38. The molecule has 1 nitrogen and oxygen atoms in total. The van der Waals surface area contributed by atoms with Crippen LogP contribution in [-0.4, -0.2) is 5.78 Å². The molecule has 0 heterocycles. The summed E-state index contributed by atoms with van der Waals surface area (Å²) in [5.74, 6) is 0.325. The van der Waals surface area contributed by atoms with Crippen LogP contribution in [-0.2, 0) is 22.2 Å². The van der Waals surface area contributed by atoms with Crippen molar-refractivity contribution in [2.75, 3.05) is 0 Å². The van der Waals surface area contributed by atoms with E-state index < -0.39 is 0 Å². The Morgan fingerprint density at radius 3 is 2.20 bits per heavy atom. The first kappa shape index (κ1) is 12.8. The van der Waals surface area contributed by atoms with Crippen LogP contribution in [0.4, 0.5) is 0 Å². The number of Topliss-reactive ketones (excluding diaryl/α,β-unsaturated/α-hetero) is 1. The van der Waals surface area contributed by atoms with Gasteiger partial charge in [-0.05, 0) is 13.3 Å². The summed E-state index contributed by atoms with van der Waals surface area (Å²) in [6, 6.07) is 0. The van der Waals surface area contributed by atoms with Gasteiger partial charge in [-0.1, -0.05) is 26.2 Å². The molecule has 0 unspecified atom stereocenters. The predicted octanol–water partition coefficient (Wildman–Crippen LogP) is 2.54. The van der Waals surface area contributed by atoms with Crippen molar-refractivity contribution in [3.05, 3.63) is 0 Å². The van der Waals surface area contributed by atoms with Crippen LogP contribution in [0.15, 0.2) is 0 Å². The molecule has 0 aromatic carbocycles. The molecule has 0 rings (SSSR count). The standard InChI is InChI=1S/C8H16O.Cr/c1-3-4-5-6-7-8(2)9;/h3-7H2,1-2H3;. The molecule has 0 saturated heterocycles. The summed E-state index contributed by atoms with van der Waals surface area (Å²) in [5.41, 5.74) is 0. The number of carbonyl (C=O) groups is 1. The molecule has 0 saturated carbocycles. The number of ketones is 1. The van der Waals surface area contributed by atoms with Gasteiger partial charge in [0.25, 0.3) is 0 Å². The number of hydrogen-bond donors (Lipinski definition) is 0. The second kappa shape index (κ2) is 9.20. The van der Waals surface area contributed by atoms with E-state index in [9.17, 15) is 4.79 Å². The molecule has 0 atom stereocenters. The molecular weight excluding hydrogens is 164 g/mol. The Morgan fingerprint density at radius 1 is 1.20 bits per heavy atom. The van der Waals surface area contributed by atoms with E-state index in [0.717, 1.165) is 12.8 Å². The SMILES string of the molecule is CCCCCCC(C)=O.[Cr]. The molecule has 0 amide bonds. The van der Waals surface area contributed by atoms with Gasteiger partial charge in [-0.25, -0.2) is 0 Å². The molecule has 0 aliphatic heterocycles. The molecule has 0 N–H and O–H groups in total. The summed E-state index contributed by atoms with van der Waals surface area (Å²) < 4.78 is 0. The van der Waals surface area contributed by atoms with Crippen LogP contribution in [0.2, 0.25) is 0 Å². The summed E-state index contributed by atoms with van der Waals surface area (Å²) in [6.45, 7) is 3.83. The van der Waals surface area contributed by atoms with E-state index in [2.05, 4.69) is 6.92 Å². The third-order valence-corrected chi connectivity index (χ3v) is 1.38. The van der Waals surface area contributed by atoms with Crippen molar-refractivity contribution in [1.29, 1.82) is 0 Å². The maximum absolute atomic E-state index is 10.4. The minimum Gasteiger partial charge on any atom is -0.300 e. The van der Waals surface area contributed by atoms with Gasteiger partial charge in [-0.3, -0.25) is 0 Å². The molecule has 0 radical (unpaired) electrons. The molecular formula is C8H16CrO. The van der Waals surface area contributed by atoms with Gasteiger partial charge in [0.1, 0.15) is 5.78 Å². The zero-order chi connectivity index (χ0) is 7.11. The van der Waals surface area contributed by atoms with Crippen LogP contribution in [0.5, 0.6) is 0 Å². The molecule has 0 aliphatic rings. The summed E-state index contributed by atoms with van der Waals surface area (Å²) in [5, 5.41) is 0. The summed E-state index contributed by atoms with van der Waals surface area (Å²) >= 11 is 0. The van der Waals surface area contributed by atoms with Crippen LogP contribution >= 0.6 is 0 Å². The van der Waals surface area contributed by atoms with E-state index in [-0.39, 0.29) is 17.4 Å². The van der Waals surface area contributed by atoms with E-state index in [4.69, 9.17) is 0 Å². The van der Waals surface area contributed by atoms with Crippen molar-refractivity contribution in [3.8, 4) is 0 Å². The van der Waals surface area contributed by atoms with Crippen LogP contribution in [0.3, 0.4) is 0 Å². The molecule has 0 spiro atoms. The minimum atomic E-state index is 0. The van der Waals surface area contributed by atoms with Gasteiger partial charge in [0, 0.05) is 23.8 Å². The fourth-order valence-corrected chi connectivity index (χ4v) is 0.801. The van der Waals surface area contributed by atoms with Crippen molar-refractivity contribution in [2.45, 2.75) is 46.0 Å². The maximum Gasteiger partial charge on any atom is 0.129 e. The zero-order valence-electron chi connectivity index (χ0n) is 6.85. The Kier molecular flexibility index (Phi) is 11.8. The molecule has 60 valence electrons. The summed E-state index contributed by atoms with van der Waals surface area (Å²) in [6.07, 6.45) is 5.60. The van der Waals surface area contributed by atoms with Crippen molar-refractivity contribution in [3.63, 3.8) is 0 Å². The fourth-order valence-electron chi connectivity index (χ4n) is 0.801. The molecule has 0 aromatic heterocycles. The van der Waals surface area contributed by atoms with Crippen LogP contribution in [0.1, 0.15) is 46.0 Å². The van der Waals surface area contributed by atoms with Crippen LogP contribution in [0.25, 0.3) is 0 Å². The predicted molar refractivity (Wildman–Crippen MR) is 39.4 cm³/mol. The number of unbranched alkanes of at least 4 members (excludes halogenated alkanes) is 3. The van der Waals surface area contributed by atoms with Gasteiger partial charge in [-0.15, -0.1) is 0 Å². The first-order valence-corrected chi connectivity index (χ1v) is 3.76. The number of carbonyl (C=O) groups excluding carboxylic acids is 1. The number of hydrogen-bond acceptors (Lipinski definition) is 1. The van der Waals surface area contributed by atoms with Crippen molar-refractivity contribution in [2.24, 2.45) is 0 Å². The van der Waals surface area contributed by atoms with Crippen LogP contribution in [0, 0.1) is 0 Å². The largest absolute Gasteiger partial charge is 0.300 e. The molecule has 0 bridgehead atoms. The van der Waals surface area contributed by atoms with E-state index in [1.54, 1.807) is 6.92 Å². The summed E-state index contributed by atoms with van der Waals surface area (Å²) in [7, 11) is 0. The van der Waals surface area contributed by atoms with E-state index in [1.165, 1.54) is 19.3 Å². The maximum atomic E-state index is 10.4. The van der Waals surface area contributed by atoms with Gasteiger partial charge < -0.3 is 4.79 Å². The Bertz CT molecular complexity index is 81.3. The first-order valence-electron chi connectivity index (χ1n) is 3.76. The monoisotopic (exact) mass is 180 g/mol. The van der Waals surface area contributed by atoms with Gasteiger partial charge in [0.15, 0.2) is 0 Å². The quantitative estimate of drug-likeness (QED) is 0.594. The van der Waals surface area contributed by atoms with Gasteiger partial charge in [0.05, 0.1) is 0 Å². The topological polar surface area (TPSA) is 17.1 Å². The third kappa shape index (κ3) is 11.1. The molecule has 0 aromatic rings. The normalized spacial score (nSPS) is 8.60. The average molecular weight is 180 g/mol. The minimum absolute atomic E-state index is 0. The van der Waals surface area contributed by atoms with Gasteiger partial charge in [0.2, 0.25) is 0 Å². The molecule has 10 heavy (non-hydrogen) atoms. The summed E-state index contributed by atoms with van der Waals surface area (Å²) in [4.78, 5) is 10.4. The Hall–Kier alpha value is 0.202. The second-order valence-electron chi connectivity index (χ2n) is 2.51. The zero-order valence-corrected chi connectivity index (χ0v) is 8.13. The van der Waals surface area contributed by atoms with Gasteiger partial charge >= 0.3 is 0 Å². The first-order chi connectivity index (χ1) is 4.27. The van der Waals surface area contributed by atoms with Crippen molar-refractivity contribution < 1.29 is 22.2 Å². The Morgan fingerprint density at radius 2 is 1.80 bits per heavy atom.